The summed E-state index contributed by atoms with van der Waals surface area (Å²) in [4.78, 5) is 12.0. The highest BCUT2D eigenvalue weighted by Gasteiger charge is 2.36. The first kappa shape index (κ1) is 14.4. The minimum atomic E-state index is -0.593. The van der Waals surface area contributed by atoms with E-state index in [1.165, 1.54) is 19.3 Å². The van der Waals surface area contributed by atoms with E-state index >= 15 is 0 Å². The smallest absolute Gasteiger partial charge is 0.243 e. The van der Waals surface area contributed by atoms with Gasteiger partial charge in [-0.3, -0.25) is 4.79 Å². The highest BCUT2D eigenvalue weighted by molar-refractivity contribution is 9.10. The lowest BCUT2D eigenvalue weighted by Crippen LogP contribution is -2.50. The number of para-hydroxylation sites is 1. The van der Waals surface area contributed by atoms with Crippen LogP contribution >= 0.6 is 15.9 Å². The Labute approximate surface area is 123 Å². The Morgan fingerprint density at radius 3 is 2.26 bits per heavy atom. The van der Waals surface area contributed by atoms with Crippen LogP contribution in [0.2, 0.25) is 0 Å². The molecule has 1 aromatic rings. The maximum absolute atomic E-state index is 12.0. The molecule has 0 saturated heterocycles. The molecule has 0 heterocycles. The van der Waals surface area contributed by atoms with Crippen molar-refractivity contribution in [2.45, 2.75) is 50.5 Å². The van der Waals surface area contributed by atoms with Crippen LogP contribution in [0, 0.1) is 0 Å². The van der Waals surface area contributed by atoms with Gasteiger partial charge in [0.15, 0.2) is 0 Å². The number of nitrogens with two attached hydrogens (primary N) is 1. The van der Waals surface area contributed by atoms with Crippen molar-refractivity contribution in [2.75, 3.05) is 5.32 Å². The van der Waals surface area contributed by atoms with Crippen molar-refractivity contribution < 1.29 is 4.79 Å². The minimum absolute atomic E-state index is 0.231. The van der Waals surface area contributed by atoms with Gasteiger partial charge in [0.2, 0.25) is 5.91 Å². The first-order valence-corrected chi connectivity index (χ1v) is 7.76. The number of hydrogen-bond acceptors (Lipinski definition) is 2. The number of benzene rings is 1. The molecule has 1 saturated carbocycles. The first-order valence-electron chi connectivity index (χ1n) is 6.97. The fourth-order valence-electron chi connectivity index (χ4n) is 2.76. The second-order valence-electron chi connectivity index (χ2n) is 5.32. The molecule has 0 unspecified atom stereocenters. The zero-order valence-corrected chi connectivity index (χ0v) is 12.7. The lowest BCUT2D eigenvalue weighted by atomic mass is 9.83. The summed E-state index contributed by atoms with van der Waals surface area (Å²) < 4.78 is 0.970. The second kappa shape index (κ2) is 6.42. The molecule has 0 aliphatic heterocycles. The number of carbonyl (C=O) groups excluding carboxylic acids is 1. The molecule has 0 radical (unpaired) electrons. The predicted molar refractivity (Wildman–Crippen MR) is 82.0 cm³/mol. The van der Waals surface area contributed by atoms with Gasteiger partial charge >= 0.3 is 0 Å². The molecule has 1 aliphatic carbocycles. The number of halogens is 1. The van der Waals surface area contributed by atoms with Crippen molar-refractivity contribution in [3.63, 3.8) is 0 Å². The Hall–Kier alpha value is -1.03. The highest BCUT2D eigenvalue weighted by atomic mass is 79.9. The fourth-order valence-corrected chi connectivity index (χ4v) is 3.15. The predicted octanol–water partition coefficient (Wildman–Crippen LogP) is 3.83. The van der Waals surface area contributed by atoms with Crippen LogP contribution in [0.1, 0.15) is 44.9 Å². The number of amides is 1. The van der Waals surface area contributed by atoms with Gasteiger partial charge in [-0.05, 0) is 40.9 Å². The van der Waals surface area contributed by atoms with Crippen LogP contribution in [-0.2, 0) is 4.79 Å². The number of primary amides is 1. The monoisotopic (exact) mass is 324 g/mol. The highest BCUT2D eigenvalue weighted by Crippen LogP contribution is 2.32. The average molecular weight is 325 g/mol. The quantitative estimate of drug-likeness (QED) is 0.887. The molecular weight excluding hydrogens is 304 g/mol. The topological polar surface area (TPSA) is 55.1 Å². The molecular formula is C15H21BrN2O. The van der Waals surface area contributed by atoms with Gasteiger partial charge in [0.05, 0.1) is 0 Å². The largest absolute Gasteiger partial charge is 0.370 e. The summed E-state index contributed by atoms with van der Waals surface area (Å²) in [7, 11) is 0. The van der Waals surface area contributed by atoms with E-state index in [4.69, 9.17) is 5.73 Å². The molecule has 0 bridgehead atoms. The number of anilines is 1. The molecule has 1 aliphatic rings. The van der Waals surface area contributed by atoms with Crippen LogP contribution in [0.25, 0.3) is 0 Å². The van der Waals surface area contributed by atoms with Gasteiger partial charge in [-0.1, -0.05) is 44.2 Å². The van der Waals surface area contributed by atoms with Gasteiger partial charge < -0.3 is 11.1 Å². The van der Waals surface area contributed by atoms with Gasteiger partial charge in [-0.25, -0.2) is 0 Å². The van der Waals surface area contributed by atoms with Gasteiger partial charge in [-0.15, -0.1) is 0 Å². The summed E-state index contributed by atoms with van der Waals surface area (Å²) in [6.07, 6.45) is 7.40. The van der Waals surface area contributed by atoms with Crippen LogP contribution < -0.4 is 11.1 Å². The van der Waals surface area contributed by atoms with Gasteiger partial charge in [-0.2, -0.15) is 0 Å². The third kappa shape index (κ3) is 3.50. The van der Waals surface area contributed by atoms with Crippen LogP contribution in [-0.4, -0.2) is 11.4 Å². The summed E-state index contributed by atoms with van der Waals surface area (Å²) in [5.74, 6) is -0.231. The molecule has 0 aromatic heterocycles. The minimum Gasteiger partial charge on any atom is -0.370 e. The molecule has 4 heteroatoms. The van der Waals surface area contributed by atoms with E-state index in [9.17, 15) is 4.79 Å². The van der Waals surface area contributed by atoms with E-state index in [1.807, 2.05) is 24.3 Å². The average Bonchev–Trinajstić information content (AvgIpc) is 2.35. The number of rotatable bonds is 3. The third-order valence-corrected chi connectivity index (χ3v) is 4.62. The molecule has 1 aromatic carbocycles. The van der Waals surface area contributed by atoms with E-state index in [-0.39, 0.29) is 5.91 Å². The van der Waals surface area contributed by atoms with Gasteiger partial charge in [0.25, 0.3) is 0 Å². The SMILES string of the molecule is NC(=O)C1(Nc2ccccc2Br)CCCCCCC1. The van der Waals surface area contributed by atoms with Crippen LogP contribution in [0.5, 0.6) is 0 Å². The molecule has 1 amide bonds. The third-order valence-electron chi connectivity index (χ3n) is 3.93. The van der Waals surface area contributed by atoms with Crippen molar-refractivity contribution in [3.8, 4) is 0 Å². The summed E-state index contributed by atoms with van der Waals surface area (Å²) in [6.45, 7) is 0. The molecule has 3 nitrogen and oxygen atoms in total. The molecule has 19 heavy (non-hydrogen) atoms. The lowest BCUT2D eigenvalue weighted by molar-refractivity contribution is -0.123. The summed E-state index contributed by atoms with van der Waals surface area (Å²) in [6, 6.07) is 7.88. The second-order valence-corrected chi connectivity index (χ2v) is 6.17. The summed E-state index contributed by atoms with van der Waals surface area (Å²) in [5.41, 5.74) is 6.06. The number of nitrogens with one attached hydrogen (secondary N) is 1. The van der Waals surface area contributed by atoms with E-state index < -0.39 is 5.54 Å². The van der Waals surface area contributed by atoms with Crippen molar-refractivity contribution in [1.82, 2.24) is 0 Å². The Morgan fingerprint density at radius 2 is 1.68 bits per heavy atom. The summed E-state index contributed by atoms with van der Waals surface area (Å²) in [5, 5.41) is 3.41. The maximum Gasteiger partial charge on any atom is 0.243 e. The standard InChI is InChI=1S/C15H21BrN2O/c16-12-8-4-5-9-13(12)18-15(14(17)19)10-6-2-1-3-7-11-15/h4-5,8-9,18H,1-3,6-7,10-11H2,(H2,17,19). The van der Waals surface area contributed by atoms with Crippen molar-refractivity contribution in [2.24, 2.45) is 5.73 Å². The molecule has 0 spiro atoms. The number of carbonyl (C=O) groups is 1. The Morgan fingerprint density at radius 1 is 1.11 bits per heavy atom. The molecule has 2 rings (SSSR count). The zero-order chi connectivity index (χ0) is 13.7. The van der Waals surface area contributed by atoms with Crippen LogP contribution in [0.4, 0.5) is 5.69 Å². The zero-order valence-electron chi connectivity index (χ0n) is 11.1. The maximum atomic E-state index is 12.0. The lowest BCUT2D eigenvalue weighted by Gasteiger charge is -2.34. The molecule has 0 atom stereocenters. The van der Waals surface area contributed by atoms with Crippen molar-refractivity contribution >= 4 is 27.5 Å². The molecule has 1 fully saturated rings. The normalized spacial score (nSPS) is 19.2. The van der Waals surface area contributed by atoms with E-state index in [0.29, 0.717) is 0 Å². The Bertz CT molecular complexity index is 440. The van der Waals surface area contributed by atoms with E-state index in [2.05, 4.69) is 21.2 Å². The van der Waals surface area contributed by atoms with Gasteiger partial charge in [0.1, 0.15) is 5.54 Å². The summed E-state index contributed by atoms with van der Waals surface area (Å²) >= 11 is 3.52. The van der Waals surface area contributed by atoms with Gasteiger partial charge in [0, 0.05) is 10.2 Å². The first-order chi connectivity index (χ1) is 9.14. The van der Waals surface area contributed by atoms with E-state index in [1.54, 1.807) is 0 Å². The Kier molecular flexibility index (Phi) is 4.86. The van der Waals surface area contributed by atoms with Crippen LogP contribution in [0.15, 0.2) is 28.7 Å². The number of hydrogen-bond donors (Lipinski definition) is 2. The van der Waals surface area contributed by atoms with E-state index in [0.717, 1.165) is 35.8 Å². The van der Waals surface area contributed by atoms with Crippen molar-refractivity contribution in [1.29, 1.82) is 0 Å². The molecule has 104 valence electrons. The van der Waals surface area contributed by atoms with Crippen molar-refractivity contribution in [3.05, 3.63) is 28.7 Å². The molecule has 3 N–H and O–H groups in total. The van der Waals surface area contributed by atoms with Crippen LogP contribution in [0.3, 0.4) is 0 Å². The fraction of sp³-hybridized carbons (Fsp3) is 0.533. The Balaban J connectivity index is 2.23.